The van der Waals surface area contributed by atoms with Gasteiger partial charge in [0.15, 0.2) is 0 Å². The fourth-order valence-corrected chi connectivity index (χ4v) is 3.81. The van der Waals surface area contributed by atoms with E-state index < -0.39 is 0 Å². The van der Waals surface area contributed by atoms with Crippen LogP contribution in [0, 0.1) is 13.8 Å². The van der Waals surface area contributed by atoms with Gasteiger partial charge in [0.25, 0.3) is 0 Å². The first-order valence-corrected chi connectivity index (χ1v) is 7.65. The summed E-state index contributed by atoms with van der Waals surface area (Å²) in [4.78, 5) is 1.41. The lowest BCUT2D eigenvalue weighted by atomic mass is 10.0. The molecule has 1 aliphatic rings. The molecule has 0 aliphatic carbocycles. The van der Waals surface area contributed by atoms with E-state index in [4.69, 9.17) is 4.74 Å². The maximum absolute atomic E-state index is 6.10. The van der Waals surface area contributed by atoms with Gasteiger partial charge in [-0.15, -0.1) is 11.8 Å². The number of aryl methyl sites for hydroxylation is 2. The van der Waals surface area contributed by atoms with E-state index in [2.05, 4.69) is 56.3 Å². The lowest BCUT2D eigenvalue weighted by Gasteiger charge is -2.16. The Hall–Kier alpha value is -1.41. The highest BCUT2D eigenvalue weighted by atomic mass is 32.2. The Labute approximate surface area is 119 Å². The van der Waals surface area contributed by atoms with Gasteiger partial charge in [-0.3, -0.25) is 0 Å². The first-order valence-electron chi connectivity index (χ1n) is 6.66. The van der Waals surface area contributed by atoms with Crippen molar-refractivity contribution in [2.45, 2.75) is 24.7 Å². The number of fused-ring (bicyclic) bond motifs is 1. The molecule has 2 aromatic carbocycles. The van der Waals surface area contributed by atoms with Gasteiger partial charge in [-0.25, -0.2) is 0 Å². The maximum atomic E-state index is 6.10. The Morgan fingerprint density at radius 1 is 1.05 bits per heavy atom. The van der Waals surface area contributed by atoms with E-state index in [0.29, 0.717) is 5.92 Å². The van der Waals surface area contributed by atoms with Crippen LogP contribution in [0.25, 0.3) is 0 Å². The fourth-order valence-electron chi connectivity index (χ4n) is 2.58. The molecule has 0 fully saturated rings. The molecule has 19 heavy (non-hydrogen) atoms. The van der Waals surface area contributed by atoms with Crippen molar-refractivity contribution >= 4 is 11.8 Å². The van der Waals surface area contributed by atoms with Crippen LogP contribution in [0.5, 0.6) is 5.75 Å². The lowest BCUT2D eigenvalue weighted by Crippen LogP contribution is -2.11. The van der Waals surface area contributed by atoms with Crippen molar-refractivity contribution in [2.24, 2.45) is 0 Å². The molecule has 3 rings (SSSR count). The number of thioether (sulfide) groups is 1. The largest absolute Gasteiger partial charge is 0.492 e. The van der Waals surface area contributed by atoms with Crippen LogP contribution in [0.4, 0.5) is 0 Å². The van der Waals surface area contributed by atoms with Gasteiger partial charge in [-0.2, -0.15) is 0 Å². The third-order valence-electron chi connectivity index (χ3n) is 3.64. The molecule has 2 aromatic rings. The molecule has 1 atom stereocenters. The average Bonchev–Trinajstić information content (AvgIpc) is 2.82. The number of hydrogen-bond donors (Lipinski definition) is 0. The van der Waals surface area contributed by atoms with Gasteiger partial charge in [-0.1, -0.05) is 36.4 Å². The third kappa shape index (κ3) is 2.50. The Morgan fingerprint density at radius 2 is 1.79 bits per heavy atom. The highest BCUT2D eigenvalue weighted by Gasteiger charge is 2.23. The van der Waals surface area contributed by atoms with Gasteiger partial charge in [0.1, 0.15) is 5.75 Å². The lowest BCUT2D eigenvalue weighted by molar-refractivity contribution is 0.294. The molecule has 1 nitrogen and oxygen atoms in total. The molecule has 1 heterocycles. The second kappa shape index (κ2) is 5.30. The maximum Gasteiger partial charge on any atom is 0.125 e. The summed E-state index contributed by atoms with van der Waals surface area (Å²) in [6.45, 7) is 5.00. The molecular formula is C17H18OS. The van der Waals surface area contributed by atoms with Crippen molar-refractivity contribution in [3.8, 4) is 5.75 Å². The molecule has 0 saturated heterocycles. The van der Waals surface area contributed by atoms with Crippen molar-refractivity contribution in [1.82, 2.24) is 0 Å². The van der Waals surface area contributed by atoms with Gasteiger partial charge >= 0.3 is 0 Å². The molecule has 0 amide bonds. The van der Waals surface area contributed by atoms with E-state index in [0.717, 1.165) is 18.1 Å². The predicted octanol–water partition coefficient (Wildman–Crippen LogP) is 4.57. The second-order valence-corrected chi connectivity index (χ2v) is 6.14. The fraction of sp³-hybridized carbons (Fsp3) is 0.294. The van der Waals surface area contributed by atoms with Crippen LogP contribution in [0.3, 0.4) is 0 Å². The zero-order valence-electron chi connectivity index (χ0n) is 11.3. The van der Waals surface area contributed by atoms with Crippen LogP contribution in [0.1, 0.15) is 22.6 Å². The highest BCUT2D eigenvalue weighted by Crippen LogP contribution is 2.39. The zero-order valence-corrected chi connectivity index (χ0v) is 12.2. The molecule has 1 unspecified atom stereocenters. The van der Waals surface area contributed by atoms with Gasteiger partial charge in [0, 0.05) is 16.6 Å². The number of rotatable bonds is 3. The predicted molar refractivity (Wildman–Crippen MR) is 81.3 cm³/mol. The van der Waals surface area contributed by atoms with Crippen molar-refractivity contribution < 1.29 is 4.74 Å². The van der Waals surface area contributed by atoms with Crippen molar-refractivity contribution in [1.29, 1.82) is 0 Å². The summed E-state index contributed by atoms with van der Waals surface area (Å²) in [5, 5.41) is 0. The molecule has 0 bridgehead atoms. The quantitative estimate of drug-likeness (QED) is 0.808. The Balaban J connectivity index is 1.75. The molecule has 0 aromatic heterocycles. The minimum absolute atomic E-state index is 0.514. The normalized spacial score (nSPS) is 17.3. The van der Waals surface area contributed by atoms with Gasteiger partial charge in [0.05, 0.1) is 6.61 Å². The average molecular weight is 270 g/mol. The van der Waals surface area contributed by atoms with E-state index in [-0.39, 0.29) is 0 Å². The number of hydrogen-bond acceptors (Lipinski definition) is 2. The summed E-state index contributed by atoms with van der Waals surface area (Å²) in [6.07, 6.45) is 0. The minimum Gasteiger partial charge on any atom is -0.492 e. The van der Waals surface area contributed by atoms with Crippen molar-refractivity contribution in [2.75, 3.05) is 12.4 Å². The van der Waals surface area contributed by atoms with E-state index in [1.807, 2.05) is 11.8 Å². The summed E-state index contributed by atoms with van der Waals surface area (Å²) < 4.78 is 6.10. The first-order chi connectivity index (χ1) is 9.25. The molecule has 1 aliphatic heterocycles. The van der Waals surface area contributed by atoms with Crippen LogP contribution in [-0.4, -0.2) is 12.4 Å². The topological polar surface area (TPSA) is 9.23 Å². The first kappa shape index (κ1) is 12.6. The van der Waals surface area contributed by atoms with Crippen molar-refractivity contribution in [3.05, 3.63) is 59.2 Å². The molecule has 0 spiro atoms. The molecular weight excluding hydrogens is 252 g/mol. The summed E-state index contributed by atoms with van der Waals surface area (Å²) in [6, 6.07) is 15.0. The van der Waals surface area contributed by atoms with Gasteiger partial charge in [-0.05, 0) is 36.6 Å². The summed E-state index contributed by atoms with van der Waals surface area (Å²) in [5.41, 5.74) is 3.89. The Bertz CT molecular complexity index is 571. The highest BCUT2D eigenvalue weighted by molar-refractivity contribution is 7.99. The molecule has 0 saturated carbocycles. The van der Waals surface area contributed by atoms with Crippen molar-refractivity contribution in [3.63, 3.8) is 0 Å². The van der Waals surface area contributed by atoms with Crippen LogP contribution >= 0.6 is 11.8 Å². The zero-order chi connectivity index (χ0) is 13.2. The Morgan fingerprint density at radius 3 is 2.58 bits per heavy atom. The smallest absolute Gasteiger partial charge is 0.125 e. The van der Waals surface area contributed by atoms with Gasteiger partial charge < -0.3 is 4.74 Å². The monoisotopic (exact) mass is 270 g/mol. The molecule has 0 radical (unpaired) electrons. The molecule has 0 N–H and O–H groups in total. The number of para-hydroxylation sites is 1. The second-order valence-electron chi connectivity index (χ2n) is 5.08. The SMILES string of the molecule is Cc1cccc(C)c1OCC1CSc2ccccc21. The summed E-state index contributed by atoms with van der Waals surface area (Å²) in [5.74, 6) is 2.70. The van der Waals surface area contributed by atoms with Crippen LogP contribution in [0.2, 0.25) is 0 Å². The van der Waals surface area contributed by atoms with Crippen LogP contribution in [0.15, 0.2) is 47.4 Å². The number of benzene rings is 2. The van der Waals surface area contributed by atoms with E-state index in [1.165, 1.54) is 21.6 Å². The van der Waals surface area contributed by atoms with E-state index in [1.54, 1.807) is 0 Å². The summed E-state index contributed by atoms with van der Waals surface area (Å²) >= 11 is 1.94. The van der Waals surface area contributed by atoms with E-state index >= 15 is 0 Å². The molecule has 98 valence electrons. The van der Waals surface area contributed by atoms with Crippen LogP contribution < -0.4 is 4.74 Å². The third-order valence-corrected chi connectivity index (χ3v) is 4.89. The van der Waals surface area contributed by atoms with Gasteiger partial charge in [0.2, 0.25) is 0 Å². The Kier molecular flexibility index (Phi) is 3.52. The molecule has 2 heteroatoms. The standard InChI is InChI=1S/C17H18OS/c1-12-6-5-7-13(2)17(12)18-10-14-11-19-16-9-4-3-8-15(14)16/h3-9,14H,10-11H2,1-2H3. The minimum atomic E-state index is 0.514. The van der Waals surface area contributed by atoms with E-state index in [9.17, 15) is 0 Å². The number of ether oxygens (including phenoxy) is 1. The summed E-state index contributed by atoms with van der Waals surface area (Å²) in [7, 11) is 0. The van der Waals surface area contributed by atoms with Crippen LogP contribution in [-0.2, 0) is 0 Å².